The minimum Gasteiger partial charge on any atom is -0.396 e. The second-order valence-electron chi connectivity index (χ2n) is 6.75. The standard InChI is InChI=1S/C22H42O/c1-2-3-4-5-6-7-8-9-10-11-12-13-14-15-16-17-18-19-20-21-22-23/h16-19,23H,2-15,20-22H2,1H3. The third-order valence-corrected chi connectivity index (χ3v) is 4.39. The second kappa shape index (κ2) is 21.4. The first-order valence-corrected chi connectivity index (χ1v) is 10.3. The zero-order valence-corrected chi connectivity index (χ0v) is 15.8. The molecule has 23 heavy (non-hydrogen) atoms. The van der Waals surface area contributed by atoms with Gasteiger partial charge in [0.15, 0.2) is 0 Å². The Morgan fingerprint density at radius 2 is 0.913 bits per heavy atom. The summed E-state index contributed by atoms with van der Waals surface area (Å²) in [6.07, 6.45) is 30.3. The maximum atomic E-state index is 8.66. The van der Waals surface area contributed by atoms with Crippen LogP contribution in [0.2, 0.25) is 0 Å². The van der Waals surface area contributed by atoms with Gasteiger partial charge in [-0.3, -0.25) is 0 Å². The lowest BCUT2D eigenvalue weighted by atomic mass is 10.0. The molecule has 0 saturated heterocycles. The SMILES string of the molecule is CCCCCCCCCCCCCCCC=CC=CCCCO. The van der Waals surface area contributed by atoms with Crippen LogP contribution in [0, 0.1) is 0 Å². The van der Waals surface area contributed by atoms with E-state index in [1.807, 2.05) is 0 Å². The summed E-state index contributed by atoms with van der Waals surface area (Å²) >= 11 is 0. The Kier molecular flexibility index (Phi) is 20.9. The molecule has 136 valence electrons. The van der Waals surface area contributed by atoms with Crippen LogP contribution in [0.5, 0.6) is 0 Å². The zero-order valence-electron chi connectivity index (χ0n) is 15.8. The van der Waals surface area contributed by atoms with E-state index in [9.17, 15) is 0 Å². The van der Waals surface area contributed by atoms with E-state index >= 15 is 0 Å². The highest BCUT2D eigenvalue weighted by atomic mass is 16.2. The molecule has 0 aromatic carbocycles. The lowest BCUT2D eigenvalue weighted by Gasteiger charge is -2.02. The van der Waals surface area contributed by atoms with Crippen molar-refractivity contribution in [1.82, 2.24) is 0 Å². The molecule has 0 saturated carbocycles. The Bertz CT molecular complexity index is 255. The molecule has 0 unspecified atom stereocenters. The smallest absolute Gasteiger partial charge is 0.0433 e. The third-order valence-electron chi connectivity index (χ3n) is 4.39. The lowest BCUT2D eigenvalue weighted by molar-refractivity contribution is 0.289. The van der Waals surface area contributed by atoms with E-state index in [2.05, 4.69) is 31.2 Å². The Hall–Kier alpha value is -0.560. The molecule has 0 aromatic heterocycles. The fraction of sp³-hybridized carbons (Fsp3) is 0.818. The number of aliphatic hydroxyl groups is 1. The summed E-state index contributed by atoms with van der Waals surface area (Å²) in [7, 11) is 0. The topological polar surface area (TPSA) is 20.2 Å². The van der Waals surface area contributed by atoms with Gasteiger partial charge in [0.1, 0.15) is 0 Å². The molecule has 0 bridgehead atoms. The Morgan fingerprint density at radius 3 is 1.35 bits per heavy atom. The molecule has 0 fully saturated rings. The van der Waals surface area contributed by atoms with Crippen LogP contribution < -0.4 is 0 Å². The van der Waals surface area contributed by atoms with E-state index in [-0.39, 0.29) is 0 Å². The third kappa shape index (κ3) is 21.4. The number of rotatable bonds is 18. The van der Waals surface area contributed by atoms with Crippen molar-refractivity contribution in [3.63, 3.8) is 0 Å². The normalized spacial score (nSPS) is 11.9. The summed E-state index contributed by atoms with van der Waals surface area (Å²) in [5, 5.41) is 8.66. The van der Waals surface area contributed by atoms with Gasteiger partial charge in [-0.05, 0) is 25.7 Å². The van der Waals surface area contributed by atoms with Crippen LogP contribution in [-0.4, -0.2) is 11.7 Å². The van der Waals surface area contributed by atoms with Gasteiger partial charge in [0.05, 0.1) is 0 Å². The highest BCUT2D eigenvalue weighted by Crippen LogP contribution is 2.12. The van der Waals surface area contributed by atoms with Gasteiger partial charge in [-0.2, -0.15) is 0 Å². The van der Waals surface area contributed by atoms with Crippen molar-refractivity contribution >= 4 is 0 Å². The van der Waals surface area contributed by atoms with Crippen LogP contribution in [0.4, 0.5) is 0 Å². The van der Waals surface area contributed by atoms with Crippen molar-refractivity contribution in [3.05, 3.63) is 24.3 Å². The second-order valence-corrected chi connectivity index (χ2v) is 6.75. The number of allylic oxidation sites excluding steroid dienone is 4. The van der Waals surface area contributed by atoms with Crippen LogP contribution in [0.3, 0.4) is 0 Å². The minimum atomic E-state index is 0.299. The number of hydrogen-bond acceptors (Lipinski definition) is 1. The molecule has 0 spiro atoms. The minimum absolute atomic E-state index is 0.299. The largest absolute Gasteiger partial charge is 0.396 e. The predicted molar refractivity (Wildman–Crippen MR) is 105 cm³/mol. The molecule has 0 atom stereocenters. The van der Waals surface area contributed by atoms with Gasteiger partial charge in [0.25, 0.3) is 0 Å². The van der Waals surface area contributed by atoms with Gasteiger partial charge >= 0.3 is 0 Å². The molecule has 0 radical (unpaired) electrons. The maximum Gasteiger partial charge on any atom is 0.0433 e. The fourth-order valence-electron chi connectivity index (χ4n) is 2.84. The van der Waals surface area contributed by atoms with Crippen molar-refractivity contribution in [2.75, 3.05) is 6.61 Å². The van der Waals surface area contributed by atoms with Crippen molar-refractivity contribution in [2.45, 2.75) is 110 Å². The van der Waals surface area contributed by atoms with Gasteiger partial charge in [0, 0.05) is 6.61 Å². The van der Waals surface area contributed by atoms with Crippen LogP contribution in [0.1, 0.15) is 110 Å². The molecule has 0 aromatic rings. The molecular formula is C22H42O. The summed E-state index contributed by atoms with van der Waals surface area (Å²) in [5.41, 5.74) is 0. The quantitative estimate of drug-likeness (QED) is 0.206. The van der Waals surface area contributed by atoms with Gasteiger partial charge in [-0.1, -0.05) is 108 Å². The summed E-state index contributed by atoms with van der Waals surface area (Å²) in [4.78, 5) is 0. The number of aliphatic hydroxyl groups excluding tert-OH is 1. The van der Waals surface area contributed by atoms with E-state index in [1.165, 1.54) is 89.9 Å². The Balaban J connectivity index is 3.07. The van der Waals surface area contributed by atoms with E-state index in [0.29, 0.717) is 6.61 Å². The van der Waals surface area contributed by atoms with Crippen LogP contribution >= 0.6 is 0 Å². The molecule has 1 heteroatoms. The molecule has 0 aliphatic heterocycles. The predicted octanol–water partition coefficient (Wildman–Crippen LogP) is 7.35. The van der Waals surface area contributed by atoms with Gasteiger partial charge in [-0.15, -0.1) is 0 Å². The van der Waals surface area contributed by atoms with Gasteiger partial charge < -0.3 is 5.11 Å². The van der Waals surface area contributed by atoms with Crippen molar-refractivity contribution in [1.29, 1.82) is 0 Å². The molecule has 0 rings (SSSR count). The molecule has 0 aliphatic carbocycles. The average molecular weight is 323 g/mol. The summed E-state index contributed by atoms with van der Waals surface area (Å²) in [5.74, 6) is 0. The van der Waals surface area contributed by atoms with E-state index < -0.39 is 0 Å². The summed E-state index contributed by atoms with van der Waals surface area (Å²) < 4.78 is 0. The number of unbranched alkanes of at least 4 members (excludes halogenated alkanes) is 14. The maximum absolute atomic E-state index is 8.66. The molecule has 0 amide bonds. The van der Waals surface area contributed by atoms with Crippen molar-refractivity contribution < 1.29 is 5.11 Å². The molecular weight excluding hydrogens is 280 g/mol. The first-order valence-electron chi connectivity index (χ1n) is 10.3. The fourth-order valence-corrected chi connectivity index (χ4v) is 2.84. The highest BCUT2D eigenvalue weighted by molar-refractivity contribution is 5.02. The van der Waals surface area contributed by atoms with E-state index in [1.54, 1.807) is 0 Å². The average Bonchev–Trinajstić information content (AvgIpc) is 2.57. The summed E-state index contributed by atoms with van der Waals surface area (Å²) in [6.45, 7) is 2.58. The van der Waals surface area contributed by atoms with Crippen molar-refractivity contribution in [2.24, 2.45) is 0 Å². The molecule has 1 N–H and O–H groups in total. The Labute approximate surface area is 146 Å². The monoisotopic (exact) mass is 322 g/mol. The van der Waals surface area contributed by atoms with Crippen LogP contribution in [0.15, 0.2) is 24.3 Å². The van der Waals surface area contributed by atoms with E-state index in [4.69, 9.17) is 5.11 Å². The Morgan fingerprint density at radius 1 is 0.522 bits per heavy atom. The van der Waals surface area contributed by atoms with Crippen molar-refractivity contribution in [3.8, 4) is 0 Å². The van der Waals surface area contributed by atoms with Gasteiger partial charge in [-0.25, -0.2) is 0 Å². The molecule has 0 heterocycles. The van der Waals surface area contributed by atoms with E-state index in [0.717, 1.165) is 12.8 Å². The van der Waals surface area contributed by atoms with Crippen LogP contribution in [-0.2, 0) is 0 Å². The van der Waals surface area contributed by atoms with Gasteiger partial charge in [0.2, 0.25) is 0 Å². The first kappa shape index (κ1) is 22.4. The summed E-state index contributed by atoms with van der Waals surface area (Å²) in [6, 6.07) is 0. The number of hydrogen-bond donors (Lipinski definition) is 1. The highest BCUT2D eigenvalue weighted by Gasteiger charge is 1.93. The first-order chi connectivity index (χ1) is 11.4. The lowest BCUT2D eigenvalue weighted by Crippen LogP contribution is -1.82. The molecule has 0 aliphatic rings. The van der Waals surface area contributed by atoms with Crippen LogP contribution in [0.25, 0.3) is 0 Å². The molecule has 1 nitrogen and oxygen atoms in total. The zero-order chi connectivity index (χ0) is 16.8.